The van der Waals surface area contributed by atoms with E-state index < -0.39 is 0 Å². The minimum absolute atomic E-state index is 0.446. The Morgan fingerprint density at radius 2 is 1.83 bits per heavy atom. The van der Waals surface area contributed by atoms with Gasteiger partial charge in [-0.25, -0.2) is 0 Å². The molecule has 23 heavy (non-hydrogen) atoms. The summed E-state index contributed by atoms with van der Waals surface area (Å²) >= 11 is 4.91. The first-order valence-electron chi connectivity index (χ1n) is 6.82. The largest absolute Gasteiger partial charge is 0.486 e. The summed E-state index contributed by atoms with van der Waals surface area (Å²) in [7, 11) is 3.19. The molecule has 0 radical (unpaired) electrons. The monoisotopic (exact) mass is 374 g/mol. The zero-order valence-electron chi connectivity index (χ0n) is 12.9. The maximum absolute atomic E-state index is 4.93. The van der Waals surface area contributed by atoms with Crippen LogP contribution < -0.4 is 5.32 Å². The second-order valence-corrected chi connectivity index (χ2v) is 7.50. The first-order valence-corrected chi connectivity index (χ1v) is 9.61. The fourth-order valence-corrected chi connectivity index (χ4v) is 4.01. The first kappa shape index (κ1) is 18.0. The molecule has 11 heteroatoms. The topological polar surface area (TPSA) is 94.4 Å². The van der Waals surface area contributed by atoms with E-state index in [1.807, 2.05) is 11.8 Å². The fourth-order valence-electron chi connectivity index (χ4n) is 1.48. The van der Waals surface area contributed by atoms with Gasteiger partial charge in [-0.2, -0.15) is 16.8 Å². The molecule has 0 spiro atoms. The lowest BCUT2D eigenvalue weighted by atomic mass is 10.5. The van der Waals surface area contributed by atoms with Gasteiger partial charge in [0.1, 0.15) is 16.7 Å². The number of aliphatic imine (C=N–C) groups is 1. The molecule has 2 rings (SSSR count). The van der Waals surface area contributed by atoms with Gasteiger partial charge in [0.25, 0.3) is 0 Å². The van der Waals surface area contributed by atoms with Crippen LogP contribution in [0, 0.1) is 0 Å². The number of aryl methyl sites for hydroxylation is 2. The molecule has 0 saturated carbocycles. The van der Waals surface area contributed by atoms with Crippen molar-refractivity contribution in [1.82, 2.24) is 20.4 Å². The number of thioether (sulfide) groups is 1. The van der Waals surface area contributed by atoms with Gasteiger partial charge < -0.3 is 14.8 Å². The van der Waals surface area contributed by atoms with E-state index in [2.05, 4.69) is 30.7 Å². The SMILES string of the molecule is CO/C=N\c1nnc(CCSCCc2nnc(NCOC)s2)s1. The van der Waals surface area contributed by atoms with Gasteiger partial charge in [-0.15, -0.1) is 20.4 Å². The average Bonchev–Trinajstić information content (AvgIpc) is 3.20. The van der Waals surface area contributed by atoms with E-state index in [4.69, 9.17) is 9.47 Å². The molecule has 0 fully saturated rings. The molecule has 2 aromatic rings. The van der Waals surface area contributed by atoms with Crippen molar-refractivity contribution < 1.29 is 9.47 Å². The van der Waals surface area contributed by atoms with Gasteiger partial charge in [-0.05, 0) is 11.5 Å². The van der Waals surface area contributed by atoms with Crippen molar-refractivity contribution in [2.45, 2.75) is 12.8 Å². The highest BCUT2D eigenvalue weighted by Crippen LogP contribution is 2.20. The zero-order valence-corrected chi connectivity index (χ0v) is 15.3. The second-order valence-electron chi connectivity index (χ2n) is 4.17. The van der Waals surface area contributed by atoms with E-state index in [0.29, 0.717) is 11.9 Å². The summed E-state index contributed by atoms with van der Waals surface area (Å²) in [6.45, 7) is 0.446. The minimum Gasteiger partial charge on any atom is -0.486 e. The molecule has 0 aliphatic heterocycles. The van der Waals surface area contributed by atoms with Gasteiger partial charge in [0, 0.05) is 20.0 Å². The third-order valence-corrected chi connectivity index (χ3v) is 5.30. The van der Waals surface area contributed by atoms with Crippen molar-refractivity contribution in [3.8, 4) is 0 Å². The molecule has 8 nitrogen and oxygen atoms in total. The molecule has 0 bridgehead atoms. The number of aromatic nitrogens is 4. The summed E-state index contributed by atoms with van der Waals surface area (Å²) in [5.74, 6) is 2.00. The third-order valence-electron chi connectivity index (χ3n) is 2.48. The van der Waals surface area contributed by atoms with Gasteiger partial charge in [0.2, 0.25) is 10.3 Å². The number of hydrogen-bond donors (Lipinski definition) is 1. The predicted octanol–water partition coefficient (Wildman–Crippen LogP) is 2.23. The Hall–Kier alpha value is -1.30. The average molecular weight is 375 g/mol. The molecular weight excluding hydrogens is 356 g/mol. The molecule has 0 aromatic carbocycles. The number of anilines is 1. The van der Waals surface area contributed by atoms with Gasteiger partial charge in [-0.3, -0.25) is 0 Å². The van der Waals surface area contributed by atoms with E-state index in [1.54, 1.807) is 25.6 Å². The minimum atomic E-state index is 0.446. The molecule has 0 saturated heterocycles. The second kappa shape index (κ2) is 10.5. The maximum atomic E-state index is 4.93. The molecule has 0 aliphatic carbocycles. The highest BCUT2D eigenvalue weighted by Gasteiger charge is 2.05. The van der Waals surface area contributed by atoms with Gasteiger partial charge in [0.15, 0.2) is 6.40 Å². The van der Waals surface area contributed by atoms with Crippen molar-refractivity contribution in [3.63, 3.8) is 0 Å². The fraction of sp³-hybridized carbons (Fsp3) is 0.583. The van der Waals surface area contributed by atoms with Crippen LogP contribution in [0.5, 0.6) is 0 Å². The number of ether oxygens (including phenoxy) is 2. The Balaban J connectivity index is 1.61. The zero-order chi connectivity index (χ0) is 16.3. The Bertz CT molecular complexity index is 603. The molecule has 0 atom stereocenters. The molecular formula is C12H18N6O2S3. The van der Waals surface area contributed by atoms with Crippen LogP contribution >= 0.6 is 34.4 Å². The summed E-state index contributed by atoms with van der Waals surface area (Å²) in [5.41, 5.74) is 0. The van der Waals surface area contributed by atoms with Crippen LogP contribution in [0.15, 0.2) is 4.99 Å². The van der Waals surface area contributed by atoms with Gasteiger partial charge in [-0.1, -0.05) is 22.7 Å². The maximum Gasteiger partial charge on any atom is 0.234 e. The number of rotatable bonds is 11. The van der Waals surface area contributed by atoms with Crippen LogP contribution in [-0.2, 0) is 22.3 Å². The molecule has 0 unspecified atom stereocenters. The summed E-state index contributed by atoms with van der Waals surface area (Å²) in [4.78, 5) is 4.02. The quantitative estimate of drug-likeness (QED) is 0.277. The molecule has 2 heterocycles. The van der Waals surface area contributed by atoms with Crippen molar-refractivity contribution in [2.24, 2.45) is 4.99 Å². The summed E-state index contributed by atoms with van der Waals surface area (Å²) in [5, 5.41) is 22.8. The lowest BCUT2D eigenvalue weighted by molar-refractivity contribution is 0.221. The Morgan fingerprint density at radius 1 is 1.09 bits per heavy atom. The third kappa shape index (κ3) is 6.77. The lowest BCUT2D eigenvalue weighted by Gasteiger charge is -1.98. The number of nitrogens with one attached hydrogen (secondary N) is 1. The molecule has 2 aromatic heterocycles. The lowest BCUT2D eigenvalue weighted by Crippen LogP contribution is -2.01. The standard InChI is InChI=1S/C12H18N6O2S3/c1-19-7-13-11-17-15-9(22-11)3-5-21-6-4-10-16-18-12(23-10)14-8-20-2/h7H,3-6,8H2,1-2H3,(H,14,18)/b13-7-. The highest BCUT2D eigenvalue weighted by molar-refractivity contribution is 7.99. The molecule has 1 N–H and O–H groups in total. The van der Waals surface area contributed by atoms with E-state index >= 15 is 0 Å². The van der Waals surface area contributed by atoms with Gasteiger partial charge >= 0.3 is 0 Å². The van der Waals surface area contributed by atoms with Gasteiger partial charge in [0.05, 0.1) is 7.11 Å². The Labute approximate surface area is 146 Å². The molecule has 126 valence electrons. The van der Waals surface area contributed by atoms with E-state index in [1.165, 1.54) is 17.7 Å². The predicted molar refractivity (Wildman–Crippen MR) is 95.2 cm³/mol. The van der Waals surface area contributed by atoms with Crippen LogP contribution in [0.1, 0.15) is 10.0 Å². The Kier molecular flexibility index (Phi) is 8.21. The number of methoxy groups -OCH3 is 2. The highest BCUT2D eigenvalue weighted by atomic mass is 32.2. The first-order chi connectivity index (χ1) is 11.3. The van der Waals surface area contributed by atoms with Crippen molar-refractivity contribution in [2.75, 3.05) is 37.8 Å². The van der Waals surface area contributed by atoms with E-state index in [-0.39, 0.29) is 0 Å². The summed E-state index contributed by atoms with van der Waals surface area (Å²) < 4.78 is 9.69. The van der Waals surface area contributed by atoms with Crippen LogP contribution in [0.25, 0.3) is 0 Å². The molecule has 0 amide bonds. The van der Waals surface area contributed by atoms with E-state index in [0.717, 1.165) is 39.5 Å². The van der Waals surface area contributed by atoms with Crippen molar-refractivity contribution >= 4 is 51.1 Å². The van der Waals surface area contributed by atoms with Crippen LogP contribution in [0.3, 0.4) is 0 Å². The van der Waals surface area contributed by atoms with Crippen LogP contribution in [0.2, 0.25) is 0 Å². The van der Waals surface area contributed by atoms with E-state index in [9.17, 15) is 0 Å². The summed E-state index contributed by atoms with van der Waals surface area (Å²) in [6, 6.07) is 0. The number of hydrogen-bond acceptors (Lipinski definition) is 11. The number of nitrogens with zero attached hydrogens (tertiary/aromatic N) is 5. The van der Waals surface area contributed by atoms with Crippen LogP contribution in [0.4, 0.5) is 10.3 Å². The van der Waals surface area contributed by atoms with Crippen molar-refractivity contribution in [1.29, 1.82) is 0 Å². The van der Waals surface area contributed by atoms with Crippen LogP contribution in [-0.4, -0.2) is 59.3 Å². The molecule has 0 aliphatic rings. The smallest absolute Gasteiger partial charge is 0.234 e. The van der Waals surface area contributed by atoms with Crippen molar-refractivity contribution in [3.05, 3.63) is 10.0 Å². The normalized spacial score (nSPS) is 11.2. The summed E-state index contributed by atoms with van der Waals surface area (Å²) in [6.07, 6.45) is 3.16. The Morgan fingerprint density at radius 3 is 2.57 bits per heavy atom.